The number of hydrogen-bond acceptors (Lipinski definition) is 3. The van der Waals surface area contributed by atoms with Gasteiger partial charge in [0, 0.05) is 12.5 Å². The maximum Gasteiger partial charge on any atom is 0.217 e. The first kappa shape index (κ1) is 12.2. The Bertz CT molecular complexity index is 418. The second-order valence-corrected chi connectivity index (χ2v) is 3.18. The summed E-state index contributed by atoms with van der Waals surface area (Å²) < 4.78 is 18.0. The quantitative estimate of drug-likeness (QED) is 0.782. The van der Waals surface area contributed by atoms with Gasteiger partial charge in [-0.3, -0.25) is 9.59 Å². The average Bonchev–Trinajstić information content (AvgIpc) is 2.25. The normalized spacial score (nSPS) is 9.69. The van der Waals surface area contributed by atoms with Crippen LogP contribution in [-0.4, -0.2) is 25.3 Å². The molecule has 1 rings (SSSR count). The van der Waals surface area contributed by atoms with E-state index in [9.17, 15) is 14.0 Å². The molecule has 5 heteroatoms. The highest BCUT2D eigenvalue weighted by Gasteiger charge is 2.10. The van der Waals surface area contributed by atoms with E-state index in [4.69, 9.17) is 4.74 Å². The smallest absolute Gasteiger partial charge is 0.217 e. The number of carbonyl (C=O) groups is 2. The second-order valence-electron chi connectivity index (χ2n) is 3.18. The lowest BCUT2D eigenvalue weighted by molar-refractivity contribution is -0.118. The van der Waals surface area contributed by atoms with Gasteiger partial charge in [-0.15, -0.1) is 0 Å². The van der Waals surface area contributed by atoms with E-state index in [0.717, 1.165) is 6.07 Å². The summed E-state index contributed by atoms with van der Waals surface area (Å²) in [6, 6.07) is 3.91. The number of rotatable bonds is 4. The Morgan fingerprint density at radius 1 is 1.44 bits per heavy atom. The minimum atomic E-state index is -0.601. The van der Waals surface area contributed by atoms with Crippen molar-refractivity contribution in [2.45, 2.75) is 6.92 Å². The van der Waals surface area contributed by atoms with E-state index in [1.165, 1.54) is 26.2 Å². The van der Waals surface area contributed by atoms with Crippen LogP contribution in [-0.2, 0) is 4.79 Å². The van der Waals surface area contributed by atoms with Crippen LogP contribution in [0.1, 0.15) is 17.3 Å². The molecule has 0 spiro atoms. The molecule has 1 aromatic rings. The zero-order valence-electron chi connectivity index (χ0n) is 9.04. The third-order valence-electron chi connectivity index (χ3n) is 1.97. The Morgan fingerprint density at radius 3 is 2.62 bits per heavy atom. The van der Waals surface area contributed by atoms with E-state index in [1.807, 2.05) is 0 Å². The summed E-state index contributed by atoms with van der Waals surface area (Å²) in [4.78, 5) is 22.1. The molecule has 1 N–H and O–H groups in total. The summed E-state index contributed by atoms with van der Waals surface area (Å²) in [6.45, 7) is 1.17. The molecule has 1 aromatic carbocycles. The number of Topliss-reactive ketones (excluding diaryl/α,β-unsaturated/α-hetero) is 1. The predicted molar refractivity (Wildman–Crippen MR) is 56.0 cm³/mol. The minimum absolute atomic E-state index is 0.0797. The Morgan fingerprint density at radius 2 is 2.12 bits per heavy atom. The second kappa shape index (κ2) is 5.25. The Balaban J connectivity index is 2.77. The summed E-state index contributed by atoms with van der Waals surface area (Å²) in [7, 11) is 1.34. The molecule has 0 fully saturated rings. The fourth-order valence-corrected chi connectivity index (χ4v) is 1.15. The monoisotopic (exact) mass is 225 g/mol. The molecule has 0 aliphatic heterocycles. The zero-order chi connectivity index (χ0) is 12.1. The van der Waals surface area contributed by atoms with Gasteiger partial charge in [0.1, 0.15) is 0 Å². The van der Waals surface area contributed by atoms with Gasteiger partial charge in [0.25, 0.3) is 0 Å². The molecule has 0 radical (unpaired) electrons. The first-order valence-corrected chi connectivity index (χ1v) is 4.65. The number of carbonyl (C=O) groups excluding carboxylic acids is 2. The van der Waals surface area contributed by atoms with Crippen molar-refractivity contribution < 1.29 is 18.7 Å². The predicted octanol–water partition coefficient (Wildman–Crippen LogP) is 1.15. The van der Waals surface area contributed by atoms with E-state index in [-0.39, 0.29) is 29.5 Å². The number of amides is 1. The fraction of sp³-hybridized carbons (Fsp3) is 0.273. The Hall–Kier alpha value is -1.91. The van der Waals surface area contributed by atoms with Crippen LogP contribution < -0.4 is 10.1 Å². The number of ketones is 1. The molecule has 86 valence electrons. The summed E-state index contributed by atoms with van der Waals surface area (Å²) >= 11 is 0. The molecule has 0 unspecified atom stereocenters. The number of benzene rings is 1. The van der Waals surface area contributed by atoms with Gasteiger partial charge in [-0.25, -0.2) is 4.39 Å². The van der Waals surface area contributed by atoms with Crippen molar-refractivity contribution in [2.24, 2.45) is 0 Å². The summed E-state index contributed by atoms with van der Waals surface area (Å²) in [5.41, 5.74) is 0.201. The number of methoxy groups -OCH3 is 1. The van der Waals surface area contributed by atoms with Crippen LogP contribution in [0.2, 0.25) is 0 Å². The summed E-state index contributed by atoms with van der Waals surface area (Å²) in [6.07, 6.45) is 0. The lowest BCUT2D eigenvalue weighted by atomic mass is 10.1. The number of ether oxygens (including phenoxy) is 1. The van der Waals surface area contributed by atoms with Crippen molar-refractivity contribution >= 4 is 11.7 Å². The molecule has 1 amide bonds. The Kier molecular flexibility index (Phi) is 3.99. The van der Waals surface area contributed by atoms with Crippen LogP contribution in [0.4, 0.5) is 4.39 Å². The van der Waals surface area contributed by atoms with Crippen LogP contribution in [0, 0.1) is 5.82 Å². The largest absolute Gasteiger partial charge is 0.494 e. The van der Waals surface area contributed by atoms with E-state index < -0.39 is 5.82 Å². The van der Waals surface area contributed by atoms with Gasteiger partial charge in [-0.2, -0.15) is 0 Å². The van der Waals surface area contributed by atoms with Crippen molar-refractivity contribution in [1.29, 1.82) is 0 Å². The molecular weight excluding hydrogens is 213 g/mol. The van der Waals surface area contributed by atoms with Crippen molar-refractivity contribution in [3.8, 4) is 5.75 Å². The molecule has 0 aliphatic rings. The maximum absolute atomic E-state index is 13.2. The van der Waals surface area contributed by atoms with Crippen molar-refractivity contribution in [3.05, 3.63) is 29.6 Å². The van der Waals surface area contributed by atoms with Crippen molar-refractivity contribution in [2.75, 3.05) is 13.7 Å². The first-order chi connectivity index (χ1) is 7.54. The van der Waals surface area contributed by atoms with Gasteiger partial charge in [0.2, 0.25) is 5.91 Å². The average molecular weight is 225 g/mol. The minimum Gasteiger partial charge on any atom is -0.494 e. The molecule has 0 bridgehead atoms. The van der Waals surface area contributed by atoms with Crippen LogP contribution in [0.5, 0.6) is 5.75 Å². The SMILES string of the molecule is COc1ccc(C(=O)CNC(C)=O)cc1F. The summed E-state index contributed by atoms with van der Waals surface area (Å²) in [5, 5.41) is 2.35. The van der Waals surface area contributed by atoms with Gasteiger partial charge in [0.15, 0.2) is 17.3 Å². The molecule has 0 saturated heterocycles. The van der Waals surface area contributed by atoms with Crippen LogP contribution in [0.3, 0.4) is 0 Å². The van der Waals surface area contributed by atoms with Gasteiger partial charge >= 0.3 is 0 Å². The van der Waals surface area contributed by atoms with E-state index in [1.54, 1.807) is 0 Å². The Labute approximate surface area is 92.4 Å². The van der Waals surface area contributed by atoms with E-state index in [0.29, 0.717) is 0 Å². The highest BCUT2D eigenvalue weighted by Crippen LogP contribution is 2.17. The van der Waals surface area contributed by atoms with Crippen molar-refractivity contribution in [3.63, 3.8) is 0 Å². The van der Waals surface area contributed by atoms with Crippen LogP contribution in [0.25, 0.3) is 0 Å². The van der Waals surface area contributed by atoms with Crippen LogP contribution in [0.15, 0.2) is 18.2 Å². The first-order valence-electron chi connectivity index (χ1n) is 4.65. The van der Waals surface area contributed by atoms with Gasteiger partial charge in [-0.1, -0.05) is 0 Å². The van der Waals surface area contributed by atoms with E-state index >= 15 is 0 Å². The molecule has 0 heterocycles. The van der Waals surface area contributed by atoms with Gasteiger partial charge in [0.05, 0.1) is 13.7 Å². The third-order valence-corrected chi connectivity index (χ3v) is 1.97. The number of halogens is 1. The standard InChI is InChI=1S/C11H12FNO3/c1-7(14)13-6-10(15)8-3-4-11(16-2)9(12)5-8/h3-5H,6H2,1-2H3,(H,13,14). The molecule has 0 atom stereocenters. The van der Waals surface area contributed by atoms with Crippen molar-refractivity contribution in [1.82, 2.24) is 5.32 Å². The van der Waals surface area contributed by atoms with E-state index in [2.05, 4.69) is 5.32 Å². The molecule has 0 aromatic heterocycles. The highest BCUT2D eigenvalue weighted by atomic mass is 19.1. The summed E-state index contributed by atoms with van der Waals surface area (Å²) in [5.74, 6) is -1.17. The lowest BCUT2D eigenvalue weighted by Crippen LogP contribution is -2.27. The molecule has 16 heavy (non-hydrogen) atoms. The number of hydrogen-bond donors (Lipinski definition) is 1. The molecular formula is C11H12FNO3. The maximum atomic E-state index is 13.2. The van der Waals surface area contributed by atoms with Gasteiger partial charge < -0.3 is 10.1 Å². The number of nitrogens with one attached hydrogen (secondary N) is 1. The lowest BCUT2D eigenvalue weighted by Gasteiger charge is -2.05. The fourth-order valence-electron chi connectivity index (χ4n) is 1.15. The topological polar surface area (TPSA) is 55.4 Å². The zero-order valence-corrected chi connectivity index (χ0v) is 9.04. The molecule has 4 nitrogen and oxygen atoms in total. The van der Waals surface area contributed by atoms with Gasteiger partial charge in [-0.05, 0) is 18.2 Å². The molecule has 0 saturated carbocycles. The van der Waals surface area contributed by atoms with Crippen LogP contribution >= 0.6 is 0 Å². The third kappa shape index (κ3) is 3.05. The highest BCUT2D eigenvalue weighted by molar-refractivity contribution is 5.99. The molecule has 0 aliphatic carbocycles.